The van der Waals surface area contributed by atoms with Crippen molar-refractivity contribution in [2.24, 2.45) is 0 Å². The molecule has 63 valence electrons. The lowest BCUT2D eigenvalue weighted by Gasteiger charge is -2.14. The molecule has 0 N–H and O–H groups in total. The Morgan fingerprint density at radius 2 is 2.33 bits per heavy atom. The van der Waals surface area contributed by atoms with Crippen LogP contribution in [0.5, 0.6) is 0 Å². The molecule has 12 heavy (non-hydrogen) atoms. The van der Waals surface area contributed by atoms with Gasteiger partial charge in [-0.1, -0.05) is 18.2 Å². The number of ether oxygens (including phenoxy) is 1. The second-order valence-corrected chi connectivity index (χ2v) is 2.28. The zero-order valence-corrected chi connectivity index (χ0v) is 7.07. The third-order valence-corrected chi connectivity index (χ3v) is 1.50. The fourth-order valence-electron chi connectivity index (χ4n) is 0.828. The van der Waals surface area contributed by atoms with Gasteiger partial charge >= 0.3 is 6.09 Å². The first-order chi connectivity index (χ1) is 5.75. The predicted molar refractivity (Wildman–Crippen MR) is 46.1 cm³/mol. The van der Waals surface area contributed by atoms with Gasteiger partial charge in [-0.3, -0.25) is 4.90 Å². The van der Waals surface area contributed by atoms with E-state index < -0.39 is 6.09 Å². The van der Waals surface area contributed by atoms with E-state index in [4.69, 9.17) is 0 Å². The highest BCUT2D eigenvalue weighted by atomic mass is 16.5. The van der Waals surface area contributed by atoms with E-state index in [-0.39, 0.29) is 0 Å². The molecule has 0 spiro atoms. The molecule has 0 fully saturated rings. The lowest BCUT2D eigenvalue weighted by molar-refractivity contribution is 0.180. The van der Waals surface area contributed by atoms with E-state index in [9.17, 15) is 4.79 Å². The Morgan fingerprint density at radius 3 is 2.83 bits per heavy atom. The van der Waals surface area contributed by atoms with Crippen molar-refractivity contribution in [3.8, 4) is 0 Å². The normalized spacial score (nSPS) is 9.17. The van der Waals surface area contributed by atoms with E-state index in [1.165, 1.54) is 12.0 Å². The number of methoxy groups -OCH3 is 1. The molecule has 1 rings (SSSR count). The highest BCUT2D eigenvalue weighted by Crippen LogP contribution is 2.10. The second-order valence-electron chi connectivity index (χ2n) is 2.28. The van der Waals surface area contributed by atoms with E-state index >= 15 is 0 Å². The Hall–Kier alpha value is -1.51. The summed E-state index contributed by atoms with van der Waals surface area (Å²) in [6.07, 6.45) is -0.391. The molecule has 0 bridgehead atoms. The van der Waals surface area contributed by atoms with Gasteiger partial charge in [-0.25, -0.2) is 4.79 Å². The molecule has 1 aromatic rings. The zero-order valence-electron chi connectivity index (χ0n) is 7.07. The Morgan fingerprint density at radius 1 is 1.58 bits per heavy atom. The minimum atomic E-state index is -0.391. The van der Waals surface area contributed by atoms with Gasteiger partial charge < -0.3 is 4.74 Å². The smallest absolute Gasteiger partial charge is 0.413 e. The van der Waals surface area contributed by atoms with Crippen LogP contribution < -0.4 is 4.90 Å². The standard InChI is InChI=1S/C9H10NO2/c1-10(9(11)12-2)8-6-4-3-5-7-8/h3-6H,1-2H3. The molecule has 0 heterocycles. The maximum Gasteiger partial charge on any atom is 0.413 e. The largest absolute Gasteiger partial charge is 0.452 e. The molecule has 0 aliphatic carbocycles. The Bertz CT molecular complexity index is 258. The fourth-order valence-corrected chi connectivity index (χ4v) is 0.828. The van der Waals surface area contributed by atoms with Crippen LogP contribution in [0, 0.1) is 6.07 Å². The third kappa shape index (κ3) is 1.75. The number of nitrogens with zero attached hydrogens (tertiary/aromatic N) is 1. The number of anilines is 1. The summed E-state index contributed by atoms with van der Waals surface area (Å²) in [5, 5.41) is 0. The number of benzene rings is 1. The van der Waals surface area contributed by atoms with Crippen molar-refractivity contribution in [3.05, 3.63) is 30.3 Å². The first-order valence-corrected chi connectivity index (χ1v) is 3.54. The van der Waals surface area contributed by atoms with Gasteiger partial charge in [-0.15, -0.1) is 0 Å². The van der Waals surface area contributed by atoms with E-state index in [0.29, 0.717) is 5.69 Å². The van der Waals surface area contributed by atoms with Crippen LogP contribution in [0.15, 0.2) is 24.3 Å². The van der Waals surface area contributed by atoms with Crippen LogP contribution in [0.2, 0.25) is 0 Å². The molecule has 0 saturated carbocycles. The summed E-state index contributed by atoms with van der Waals surface area (Å²) in [5.74, 6) is 0. The number of carbonyl (C=O) groups is 1. The van der Waals surface area contributed by atoms with Gasteiger partial charge in [-0.05, 0) is 6.07 Å². The summed E-state index contributed by atoms with van der Waals surface area (Å²) in [6, 6.07) is 10.1. The summed E-state index contributed by atoms with van der Waals surface area (Å²) in [6.45, 7) is 0. The average Bonchev–Trinajstić information content (AvgIpc) is 2.17. The molecule has 0 aliphatic heterocycles. The summed E-state index contributed by atoms with van der Waals surface area (Å²) >= 11 is 0. The maximum atomic E-state index is 11.0. The molecule has 0 saturated heterocycles. The fraction of sp³-hybridized carbons (Fsp3) is 0.222. The van der Waals surface area contributed by atoms with Gasteiger partial charge in [-0.2, -0.15) is 0 Å². The summed E-state index contributed by atoms with van der Waals surface area (Å²) in [4.78, 5) is 12.4. The molecule has 1 radical (unpaired) electrons. The van der Waals surface area contributed by atoms with Crippen molar-refractivity contribution in [1.82, 2.24) is 0 Å². The van der Waals surface area contributed by atoms with Gasteiger partial charge in [0.1, 0.15) is 0 Å². The molecule has 3 nitrogen and oxygen atoms in total. The lowest BCUT2D eigenvalue weighted by atomic mass is 10.3. The molecule has 1 aromatic carbocycles. The van der Waals surface area contributed by atoms with Crippen molar-refractivity contribution in [2.45, 2.75) is 0 Å². The van der Waals surface area contributed by atoms with Crippen LogP contribution in [-0.2, 0) is 4.74 Å². The van der Waals surface area contributed by atoms with Crippen molar-refractivity contribution >= 4 is 11.8 Å². The van der Waals surface area contributed by atoms with Crippen LogP contribution in [0.4, 0.5) is 10.5 Å². The van der Waals surface area contributed by atoms with Crippen LogP contribution in [-0.4, -0.2) is 20.3 Å². The Kier molecular flexibility index (Phi) is 2.69. The Labute approximate surface area is 71.6 Å². The molecule has 3 heteroatoms. The van der Waals surface area contributed by atoms with E-state index in [1.807, 2.05) is 12.1 Å². The topological polar surface area (TPSA) is 29.5 Å². The average molecular weight is 164 g/mol. The highest BCUT2D eigenvalue weighted by molar-refractivity contribution is 5.86. The minimum absolute atomic E-state index is 0.391. The highest BCUT2D eigenvalue weighted by Gasteiger charge is 2.08. The van der Waals surface area contributed by atoms with Crippen LogP contribution in [0.3, 0.4) is 0 Å². The first-order valence-electron chi connectivity index (χ1n) is 3.54. The summed E-state index contributed by atoms with van der Waals surface area (Å²) < 4.78 is 4.53. The number of amides is 1. The van der Waals surface area contributed by atoms with Gasteiger partial charge in [0.15, 0.2) is 0 Å². The van der Waals surface area contributed by atoms with Crippen molar-refractivity contribution in [1.29, 1.82) is 0 Å². The number of hydrogen-bond acceptors (Lipinski definition) is 2. The van der Waals surface area contributed by atoms with Crippen LogP contribution in [0.25, 0.3) is 0 Å². The number of para-hydroxylation sites is 1. The van der Waals surface area contributed by atoms with Gasteiger partial charge in [0.25, 0.3) is 0 Å². The number of rotatable bonds is 1. The SMILES string of the molecule is COC(=O)N(C)c1[c]cccc1. The van der Waals surface area contributed by atoms with Crippen molar-refractivity contribution in [2.75, 3.05) is 19.1 Å². The van der Waals surface area contributed by atoms with Gasteiger partial charge in [0.05, 0.1) is 12.8 Å². The van der Waals surface area contributed by atoms with Gasteiger partial charge in [0, 0.05) is 13.1 Å². The van der Waals surface area contributed by atoms with Crippen LogP contribution >= 0.6 is 0 Å². The lowest BCUT2D eigenvalue weighted by Crippen LogP contribution is -2.25. The third-order valence-electron chi connectivity index (χ3n) is 1.50. The van der Waals surface area contributed by atoms with E-state index in [1.54, 1.807) is 19.2 Å². The minimum Gasteiger partial charge on any atom is -0.452 e. The summed E-state index contributed by atoms with van der Waals surface area (Å²) in [5.41, 5.74) is 0.698. The molecule has 0 atom stereocenters. The van der Waals surface area contributed by atoms with Crippen LogP contribution in [0.1, 0.15) is 0 Å². The van der Waals surface area contributed by atoms with E-state index in [2.05, 4.69) is 10.8 Å². The predicted octanol–water partition coefficient (Wildman–Crippen LogP) is 1.69. The molecule has 0 aliphatic rings. The summed E-state index contributed by atoms with van der Waals surface area (Å²) in [7, 11) is 2.99. The van der Waals surface area contributed by atoms with E-state index in [0.717, 1.165) is 0 Å². The van der Waals surface area contributed by atoms with Crippen molar-refractivity contribution in [3.63, 3.8) is 0 Å². The molecule has 0 unspecified atom stereocenters. The number of hydrogen-bond donors (Lipinski definition) is 0. The molecule has 1 amide bonds. The van der Waals surface area contributed by atoms with Crippen molar-refractivity contribution < 1.29 is 9.53 Å². The Balaban J connectivity index is 2.78. The molecule has 0 aromatic heterocycles. The first kappa shape index (κ1) is 8.59. The molecular weight excluding hydrogens is 154 g/mol. The number of carbonyl (C=O) groups excluding carboxylic acids is 1. The second kappa shape index (κ2) is 3.76. The maximum absolute atomic E-state index is 11.0. The molecular formula is C9H10NO2. The quantitative estimate of drug-likeness (QED) is 0.632. The monoisotopic (exact) mass is 164 g/mol. The van der Waals surface area contributed by atoms with Gasteiger partial charge in [0.2, 0.25) is 0 Å². The zero-order chi connectivity index (χ0) is 8.97.